The van der Waals surface area contributed by atoms with E-state index in [0.29, 0.717) is 38.4 Å². The first kappa shape index (κ1) is 26.4. The molecule has 1 amide bonds. The SMILES string of the molecule is CN(C)CC=CC(=O)N1CC[C@@H](CNC2=CC(N)(c3ccc(Oc4ccccc4)cc3)NC=N2)[C@H](O)C1. The molecule has 9 nitrogen and oxygen atoms in total. The Labute approximate surface area is 218 Å². The lowest BCUT2D eigenvalue weighted by molar-refractivity contribution is -0.130. The van der Waals surface area contributed by atoms with Gasteiger partial charge in [0.2, 0.25) is 5.91 Å². The maximum absolute atomic E-state index is 12.4. The number of β-amino-alcohol motifs (C(OH)–C–C–N with tert-alkyl or cyclic N) is 1. The van der Waals surface area contributed by atoms with E-state index in [1.54, 1.807) is 17.3 Å². The minimum Gasteiger partial charge on any atom is -0.457 e. The van der Waals surface area contributed by atoms with Crippen molar-refractivity contribution in [2.75, 3.05) is 40.3 Å². The average molecular weight is 505 g/mol. The molecule has 1 saturated heterocycles. The van der Waals surface area contributed by atoms with Crippen LogP contribution in [0, 0.1) is 5.92 Å². The van der Waals surface area contributed by atoms with Gasteiger partial charge in [0.1, 0.15) is 23.0 Å². The summed E-state index contributed by atoms with van der Waals surface area (Å²) in [4.78, 5) is 20.5. The van der Waals surface area contributed by atoms with Crippen LogP contribution in [0.1, 0.15) is 12.0 Å². The number of nitrogens with one attached hydrogen (secondary N) is 2. The maximum atomic E-state index is 12.4. The van der Waals surface area contributed by atoms with Crippen molar-refractivity contribution in [3.05, 3.63) is 84.2 Å². The highest BCUT2D eigenvalue weighted by Gasteiger charge is 2.31. The smallest absolute Gasteiger partial charge is 0.246 e. The monoisotopic (exact) mass is 504 g/mol. The number of piperidine rings is 1. The minimum absolute atomic E-state index is 0.00221. The van der Waals surface area contributed by atoms with Crippen LogP contribution in [0.25, 0.3) is 0 Å². The van der Waals surface area contributed by atoms with Crippen molar-refractivity contribution in [2.24, 2.45) is 16.6 Å². The number of ether oxygens (including phenoxy) is 1. The van der Waals surface area contributed by atoms with Crippen molar-refractivity contribution < 1.29 is 14.6 Å². The highest BCUT2D eigenvalue weighted by Crippen LogP contribution is 2.26. The molecule has 2 aromatic carbocycles. The number of hydrogen-bond donors (Lipinski definition) is 4. The molecule has 1 fully saturated rings. The van der Waals surface area contributed by atoms with Crippen molar-refractivity contribution in [1.29, 1.82) is 0 Å². The summed E-state index contributed by atoms with van der Waals surface area (Å²) in [6.45, 7) is 2.16. The minimum atomic E-state index is -0.942. The Hall–Kier alpha value is -3.66. The molecule has 9 heteroatoms. The van der Waals surface area contributed by atoms with Crippen LogP contribution in [0.4, 0.5) is 0 Å². The van der Waals surface area contributed by atoms with E-state index >= 15 is 0 Å². The number of benzene rings is 2. The molecule has 4 rings (SSSR count). The van der Waals surface area contributed by atoms with E-state index in [9.17, 15) is 9.90 Å². The second kappa shape index (κ2) is 12.1. The van der Waals surface area contributed by atoms with Gasteiger partial charge in [-0.2, -0.15) is 0 Å². The lowest BCUT2D eigenvalue weighted by Crippen LogP contribution is -2.51. The Balaban J connectivity index is 1.31. The predicted octanol–water partition coefficient (Wildman–Crippen LogP) is 1.98. The predicted molar refractivity (Wildman–Crippen MR) is 145 cm³/mol. The molecule has 2 aliphatic rings. The third-order valence-corrected chi connectivity index (χ3v) is 6.49. The number of amides is 1. The van der Waals surface area contributed by atoms with E-state index in [0.717, 1.165) is 17.1 Å². The van der Waals surface area contributed by atoms with Crippen LogP contribution in [0.3, 0.4) is 0 Å². The zero-order valence-corrected chi connectivity index (χ0v) is 21.4. The number of aliphatic hydroxyl groups excluding tert-OH is 1. The van der Waals surface area contributed by atoms with Crippen molar-refractivity contribution in [3.63, 3.8) is 0 Å². The number of aliphatic imine (C=N–C) groups is 1. The summed E-state index contributed by atoms with van der Waals surface area (Å²) >= 11 is 0. The lowest BCUT2D eigenvalue weighted by atomic mass is 9.93. The fraction of sp³-hybridized carbons (Fsp3) is 0.357. The van der Waals surface area contributed by atoms with Gasteiger partial charge in [0, 0.05) is 44.2 Å². The highest BCUT2D eigenvalue weighted by molar-refractivity contribution is 5.87. The van der Waals surface area contributed by atoms with Crippen molar-refractivity contribution in [3.8, 4) is 11.5 Å². The quantitative estimate of drug-likeness (QED) is 0.386. The Morgan fingerprint density at radius 1 is 1.24 bits per heavy atom. The van der Waals surface area contributed by atoms with Crippen LogP contribution in [-0.2, 0) is 10.5 Å². The molecule has 2 heterocycles. The number of nitrogens with two attached hydrogens (primary N) is 1. The van der Waals surface area contributed by atoms with Gasteiger partial charge in [0.05, 0.1) is 12.4 Å². The first-order chi connectivity index (χ1) is 17.8. The molecular weight excluding hydrogens is 468 g/mol. The molecule has 0 aliphatic carbocycles. The summed E-state index contributed by atoms with van der Waals surface area (Å²) in [6, 6.07) is 17.2. The molecule has 196 valence electrons. The topological polar surface area (TPSA) is 115 Å². The fourth-order valence-corrected chi connectivity index (χ4v) is 4.31. The average Bonchev–Trinajstić information content (AvgIpc) is 2.89. The van der Waals surface area contributed by atoms with Crippen molar-refractivity contribution in [1.82, 2.24) is 20.4 Å². The Bertz CT molecular complexity index is 1130. The van der Waals surface area contributed by atoms with Gasteiger partial charge < -0.3 is 36.0 Å². The summed E-state index contributed by atoms with van der Waals surface area (Å²) in [5.74, 6) is 2.05. The third kappa shape index (κ3) is 7.19. The molecule has 2 aliphatic heterocycles. The first-order valence-corrected chi connectivity index (χ1v) is 12.5. The molecule has 3 atom stereocenters. The fourth-order valence-electron chi connectivity index (χ4n) is 4.31. The standard InChI is InChI=1S/C28H36N6O3/c1-33(2)15-6-9-27(36)34-16-14-21(25(35)19-34)18-30-26-17-28(29,32-20-31-26)22-10-12-24(13-11-22)37-23-7-4-3-5-8-23/h3-13,17,20-21,25,30,35H,14-16,18-19,29H2,1-2H3,(H,31,32)/t21-,25+,28?/m0/s1. The molecule has 0 aromatic heterocycles. The number of likely N-dealkylation sites (tertiary alicyclic amines) is 1. The number of hydrogen-bond acceptors (Lipinski definition) is 8. The number of carbonyl (C=O) groups is 1. The van der Waals surface area contributed by atoms with Crippen LogP contribution in [-0.4, -0.2) is 73.5 Å². The second-order valence-electron chi connectivity index (χ2n) is 9.69. The summed E-state index contributed by atoms with van der Waals surface area (Å²) in [6.07, 6.45) is 6.93. The summed E-state index contributed by atoms with van der Waals surface area (Å²) in [5, 5.41) is 17.1. The van der Waals surface area contributed by atoms with Gasteiger partial charge in [-0.3, -0.25) is 4.79 Å². The van der Waals surface area contributed by atoms with Crippen molar-refractivity contribution in [2.45, 2.75) is 18.2 Å². The molecule has 5 N–H and O–H groups in total. The summed E-state index contributed by atoms with van der Waals surface area (Å²) < 4.78 is 5.87. The van der Waals surface area contributed by atoms with Gasteiger partial charge in [-0.25, -0.2) is 4.99 Å². The van der Waals surface area contributed by atoms with Gasteiger partial charge in [0.25, 0.3) is 0 Å². The Kier molecular flexibility index (Phi) is 8.60. The van der Waals surface area contributed by atoms with Crippen molar-refractivity contribution >= 4 is 12.2 Å². The molecular formula is C28H36N6O3. The number of likely N-dealkylation sites (N-methyl/N-ethyl adjacent to an activating group) is 1. The lowest BCUT2D eigenvalue weighted by Gasteiger charge is -2.36. The van der Waals surface area contributed by atoms with Gasteiger partial charge in [-0.15, -0.1) is 0 Å². The first-order valence-electron chi connectivity index (χ1n) is 12.5. The normalized spacial score (nSPS) is 23.6. The largest absolute Gasteiger partial charge is 0.457 e. The van der Waals surface area contributed by atoms with Crippen LogP contribution in [0.5, 0.6) is 11.5 Å². The van der Waals surface area contributed by atoms with E-state index in [1.807, 2.05) is 85.7 Å². The van der Waals surface area contributed by atoms with Crippen LogP contribution in [0.15, 0.2) is 83.6 Å². The van der Waals surface area contributed by atoms with E-state index < -0.39 is 11.8 Å². The number of rotatable bonds is 9. The van der Waals surface area contributed by atoms with Gasteiger partial charge in [0.15, 0.2) is 0 Å². The van der Waals surface area contributed by atoms with Gasteiger partial charge in [-0.05, 0) is 50.3 Å². The Morgan fingerprint density at radius 2 is 1.97 bits per heavy atom. The van der Waals surface area contributed by atoms with E-state index in [2.05, 4.69) is 15.6 Å². The second-order valence-corrected chi connectivity index (χ2v) is 9.69. The zero-order valence-electron chi connectivity index (χ0n) is 21.4. The summed E-state index contributed by atoms with van der Waals surface area (Å²) in [7, 11) is 3.90. The molecule has 37 heavy (non-hydrogen) atoms. The third-order valence-electron chi connectivity index (χ3n) is 6.49. The number of carbonyl (C=O) groups excluding carboxylic acids is 1. The number of para-hydroxylation sites is 1. The van der Waals surface area contributed by atoms with Gasteiger partial charge >= 0.3 is 0 Å². The number of nitrogens with zero attached hydrogens (tertiary/aromatic N) is 3. The van der Waals surface area contributed by atoms with Crippen LogP contribution < -0.4 is 21.1 Å². The Morgan fingerprint density at radius 3 is 2.68 bits per heavy atom. The number of aliphatic hydroxyl groups is 1. The van der Waals surface area contributed by atoms with Crippen LogP contribution >= 0.6 is 0 Å². The molecule has 2 aromatic rings. The molecule has 0 bridgehead atoms. The zero-order chi connectivity index (χ0) is 26.3. The highest BCUT2D eigenvalue weighted by atomic mass is 16.5. The van der Waals surface area contributed by atoms with E-state index in [4.69, 9.17) is 10.5 Å². The van der Waals surface area contributed by atoms with E-state index in [-0.39, 0.29) is 11.8 Å². The maximum Gasteiger partial charge on any atom is 0.246 e. The molecule has 1 unspecified atom stereocenters. The van der Waals surface area contributed by atoms with Gasteiger partial charge in [-0.1, -0.05) is 36.4 Å². The molecule has 0 spiro atoms. The van der Waals surface area contributed by atoms with E-state index in [1.165, 1.54) is 0 Å². The molecule has 0 saturated carbocycles. The molecule has 0 radical (unpaired) electrons. The van der Waals surface area contributed by atoms with Crippen LogP contribution in [0.2, 0.25) is 0 Å². The summed E-state index contributed by atoms with van der Waals surface area (Å²) in [5.41, 5.74) is 6.57.